The molecule has 0 saturated carbocycles. The molecule has 1 heterocycles. The minimum Gasteiger partial charge on any atom is -0.364 e. The van der Waals surface area contributed by atoms with Crippen molar-refractivity contribution in [2.24, 2.45) is 11.7 Å². The van der Waals surface area contributed by atoms with Gasteiger partial charge in [-0.3, -0.25) is 4.79 Å². The maximum Gasteiger partial charge on any atom is 0.249 e. The Morgan fingerprint density at radius 2 is 1.95 bits per heavy atom. The van der Waals surface area contributed by atoms with Crippen molar-refractivity contribution >= 4 is 5.91 Å². The second kappa shape index (κ2) is 5.94. The number of nitrogens with two attached hydrogens (primary N) is 1. The van der Waals surface area contributed by atoms with Gasteiger partial charge in [0.1, 0.15) is 6.10 Å². The molecule has 1 aliphatic carbocycles. The summed E-state index contributed by atoms with van der Waals surface area (Å²) in [5.74, 6) is 0.542. The molecule has 0 unspecified atom stereocenters. The van der Waals surface area contributed by atoms with Crippen LogP contribution in [0.4, 0.5) is 0 Å². The van der Waals surface area contributed by atoms with E-state index in [9.17, 15) is 4.79 Å². The van der Waals surface area contributed by atoms with Crippen LogP contribution in [0.3, 0.4) is 0 Å². The van der Waals surface area contributed by atoms with Gasteiger partial charge in [0.15, 0.2) is 0 Å². The van der Waals surface area contributed by atoms with Crippen LogP contribution in [0.5, 0.6) is 0 Å². The molecule has 20 heavy (non-hydrogen) atoms. The summed E-state index contributed by atoms with van der Waals surface area (Å²) in [7, 11) is 0. The Morgan fingerprint density at radius 3 is 2.55 bits per heavy atom. The molecule has 2 aliphatic rings. The van der Waals surface area contributed by atoms with Crippen molar-refractivity contribution in [2.75, 3.05) is 13.1 Å². The highest BCUT2D eigenvalue weighted by atomic mass is 16.5. The average molecular weight is 274 g/mol. The Bertz CT molecular complexity index is 464. The molecule has 1 fully saturated rings. The Morgan fingerprint density at radius 1 is 1.25 bits per heavy atom. The van der Waals surface area contributed by atoms with Crippen molar-refractivity contribution in [1.82, 2.24) is 5.32 Å². The van der Waals surface area contributed by atoms with Crippen LogP contribution in [-0.4, -0.2) is 31.2 Å². The molecule has 0 spiro atoms. The first kappa shape index (κ1) is 13.6. The zero-order chi connectivity index (χ0) is 13.9. The van der Waals surface area contributed by atoms with E-state index >= 15 is 0 Å². The summed E-state index contributed by atoms with van der Waals surface area (Å²) in [6.45, 7) is 1.24. The smallest absolute Gasteiger partial charge is 0.249 e. The second-order valence-corrected chi connectivity index (χ2v) is 5.85. The SMILES string of the molecule is NC[C@H]1CC[C@@H](C(=O)NCC2Cc3ccccc3C2)O1. The average Bonchev–Trinajstić information content (AvgIpc) is 3.10. The third-order valence-corrected chi connectivity index (χ3v) is 4.36. The number of ether oxygens (including phenoxy) is 1. The van der Waals surface area contributed by atoms with Gasteiger partial charge < -0.3 is 15.8 Å². The maximum absolute atomic E-state index is 12.1. The lowest BCUT2D eigenvalue weighted by atomic mass is 10.1. The van der Waals surface area contributed by atoms with Crippen LogP contribution in [0.15, 0.2) is 24.3 Å². The highest BCUT2D eigenvalue weighted by Gasteiger charge is 2.30. The van der Waals surface area contributed by atoms with Gasteiger partial charge in [0.2, 0.25) is 5.91 Å². The molecule has 4 heteroatoms. The fraction of sp³-hybridized carbons (Fsp3) is 0.562. The van der Waals surface area contributed by atoms with Crippen LogP contribution in [-0.2, 0) is 22.4 Å². The molecule has 3 rings (SSSR count). The van der Waals surface area contributed by atoms with E-state index in [1.807, 2.05) is 0 Å². The van der Waals surface area contributed by atoms with Crippen molar-refractivity contribution in [3.05, 3.63) is 35.4 Å². The van der Waals surface area contributed by atoms with Gasteiger partial charge in [-0.25, -0.2) is 0 Å². The standard InChI is InChI=1S/C16H22N2O2/c17-9-14-5-6-15(20-14)16(19)18-10-11-7-12-3-1-2-4-13(12)8-11/h1-4,11,14-15H,5-10,17H2,(H,18,19)/t14-,15+/m1/s1. The van der Waals surface area contributed by atoms with Crippen LogP contribution < -0.4 is 11.1 Å². The second-order valence-electron chi connectivity index (χ2n) is 5.85. The van der Waals surface area contributed by atoms with Gasteiger partial charge in [-0.2, -0.15) is 0 Å². The fourth-order valence-electron chi connectivity index (χ4n) is 3.23. The molecular formula is C16H22N2O2. The minimum absolute atomic E-state index is 0.0249. The van der Waals surface area contributed by atoms with E-state index in [-0.39, 0.29) is 18.1 Å². The zero-order valence-electron chi connectivity index (χ0n) is 11.7. The summed E-state index contributed by atoms with van der Waals surface area (Å²) in [5, 5.41) is 3.04. The van der Waals surface area contributed by atoms with E-state index in [4.69, 9.17) is 10.5 Å². The van der Waals surface area contributed by atoms with Crippen LogP contribution in [0.25, 0.3) is 0 Å². The number of hydrogen-bond acceptors (Lipinski definition) is 3. The molecule has 3 N–H and O–H groups in total. The van der Waals surface area contributed by atoms with Crippen molar-refractivity contribution in [3.8, 4) is 0 Å². The van der Waals surface area contributed by atoms with E-state index in [0.717, 1.165) is 32.2 Å². The maximum atomic E-state index is 12.1. The van der Waals surface area contributed by atoms with E-state index < -0.39 is 0 Å². The summed E-state index contributed by atoms with van der Waals surface area (Å²) in [5.41, 5.74) is 8.41. The molecular weight excluding hydrogens is 252 g/mol. The summed E-state index contributed by atoms with van der Waals surface area (Å²) in [6, 6.07) is 8.53. The third-order valence-electron chi connectivity index (χ3n) is 4.36. The van der Waals surface area contributed by atoms with E-state index in [2.05, 4.69) is 29.6 Å². The first-order valence-corrected chi connectivity index (χ1v) is 7.46. The van der Waals surface area contributed by atoms with Gasteiger partial charge >= 0.3 is 0 Å². The van der Waals surface area contributed by atoms with Crippen molar-refractivity contribution < 1.29 is 9.53 Å². The summed E-state index contributed by atoms with van der Waals surface area (Å²) < 4.78 is 5.61. The number of amides is 1. The Kier molecular flexibility index (Phi) is 4.03. The van der Waals surface area contributed by atoms with Crippen molar-refractivity contribution in [2.45, 2.75) is 37.9 Å². The molecule has 1 aliphatic heterocycles. The van der Waals surface area contributed by atoms with Gasteiger partial charge in [-0.15, -0.1) is 0 Å². The monoisotopic (exact) mass is 274 g/mol. The normalized spacial score (nSPS) is 25.6. The number of carbonyl (C=O) groups excluding carboxylic acids is 1. The number of fused-ring (bicyclic) bond motifs is 1. The third kappa shape index (κ3) is 2.86. The quantitative estimate of drug-likeness (QED) is 0.861. The molecule has 1 aromatic rings. The Balaban J connectivity index is 1.46. The van der Waals surface area contributed by atoms with Gasteiger partial charge in [-0.1, -0.05) is 24.3 Å². The lowest BCUT2D eigenvalue weighted by Crippen LogP contribution is -2.38. The zero-order valence-corrected chi connectivity index (χ0v) is 11.7. The van der Waals surface area contributed by atoms with Crippen molar-refractivity contribution in [3.63, 3.8) is 0 Å². The molecule has 1 aromatic carbocycles. The van der Waals surface area contributed by atoms with E-state index in [1.165, 1.54) is 11.1 Å². The number of benzene rings is 1. The predicted molar refractivity (Wildman–Crippen MR) is 77.3 cm³/mol. The number of rotatable bonds is 4. The Hall–Kier alpha value is -1.39. The molecule has 1 amide bonds. The van der Waals surface area contributed by atoms with Gasteiger partial charge in [0.05, 0.1) is 6.10 Å². The van der Waals surface area contributed by atoms with Crippen LogP contribution >= 0.6 is 0 Å². The molecule has 0 aromatic heterocycles. The molecule has 4 nitrogen and oxygen atoms in total. The molecule has 2 atom stereocenters. The van der Waals surface area contributed by atoms with Gasteiger partial charge in [0.25, 0.3) is 0 Å². The molecule has 0 radical (unpaired) electrons. The summed E-state index contributed by atoms with van der Waals surface area (Å²) in [4.78, 5) is 12.1. The number of carbonyl (C=O) groups is 1. The highest BCUT2D eigenvalue weighted by molar-refractivity contribution is 5.81. The Labute approximate surface area is 119 Å². The van der Waals surface area contributed by atoms with Crippen LogP contribution in [0, 0.1) is 5.92 Å². The molecule has 108 valence electrons. The number of nitrogens with one attached hydrogen (secondary N) is 1. The lowest BCUT2D eigenvalue weighted by molar-refractivity contribution is -0.132. The molecule has 0 bridgehead atoms. The highest BCUT2D eigenvalue weighted by Crippen LogP contribution is 2.26. The van der Waals surface area contributed by atoms with Crippen LogP contribution in [0.2, 0.25) is 0 Å². The van der Waals surface area contributed by atoms with Gasteiger partial charge in [0, 0.05) is 13.1 Å². The van der Waals surface area contributed by atoms with Crippen LogP contribution in [0.1, 0.15) is 24.0 Å². The topological polar surface area (TPSA) is 64.4 Å². The first-order valence-electron chi connectivity index (χ1n) is 7.46. The van der Waals surface area contributed by atoms with Gasteiger partial charge in [-0.05, 0) is 42.7 Å². The predicted octanol–water partition coefficient (Wildman–Crippen LogP) is 1.02. The first-order chi connectivity index (χ1) is 9.76. The number of hydrogen-bond donors (Lipinski definition) is 2. The minimum atomic E-state index is -0.299. The lowest BCUT2D eigenvalue weighted by Gasteiger charge is -2.15. The van der Waals surface area contributed by atoms with E-state index in [1.54, 1.807) is 0 Å². The summed E-state index contributed by atoms with van der Waals surface area (Å²) in [6.07, 6.45) is 3.57. The van der Waals surface area contributed by atoms with Crippen molar-refractivity contribution in [1.29, 1.82) is 0 Å². The van der Waals surface area contributed by atoms with E-state index in [0.29, 0.717) is 12.5 Å². The fourth-order valence-corrected chi connectivity index (χ4v) is 3.23. The molecule has 1 saturated heterocycles. The summed E-state index contributed by atoms with van der Waals surface area (Å²) >= 11 is 0. The largest absolute Gasteiger partial charge is 0.364 e.